The lowest BCUT2D eigenvalue weighted by Gasteiger charge is -2.20. The number of carbonyl (C=O) groups excluding carboxylic acids is 1. The number of benzene rings is 1. The average Bonchev–Trinajstić information content (AvgIpc) is 2.73. The molecule has 1 rings (SSSR count). The minimum atomic E-state index is -1.17. The molecule has 1 amide bonds. The van der Waals surface area contributed by atoms with Crippen molar-refractivity contribution >= 4 is 23.8 Å². The summed E-state index contributed by atoms with van der Waals surface area (Å²) in [4.78, 5) is 44.7. The van der Waals surface area contributed by atoms with Gasteiger partial charge in [0.2, 0.25) is 5.91 Å². The molecule has 0 bridgehead atoms. The number of nitrogens with one attached hydrogen (secondary N) is 1. The van der Waals surface area contributed by atoms with Gasteiger partial charge in [-0.25, -0.2) is 0 Å². The molecular formula is C24H33NO8. The highest BCUT2D eigenvalue weighted by Crippen LogP contribution is 2.26. The summed E-state index contributed by atoms with van der Waals surface area (Å²) >= 11 is 0. The van der Waals surface area contributed by atoms with E-state index in [1.807, 2.05) is 12.1 Å². The molecule has 0 fully saturated rings. The smallest absolute Gasteiger partial charge is 0.307 e. The fraction of sp³-hybridized carbons (Fsp3) is 0.500. The van der Waals surface area contributed by atoms with E-state index in [-0.39, 0.29) is 24.7 Å². The number of hydrogen-bond acceptors (Lipinski definition) is 5. The number of carboxylic acid groups (broad SMARTS) is 3. The van der Waals surface area contributed by atoms with E-state index in [9.17, 15) is 24.3 Å². The topological polar surface area (TPSA) is 150 Å². The van der Waals surface area contributed by atoms with Gasteiger partial charge < -0.3 is 25.4 Å². The first-order valence-corrected chi connectivity index (χ1v) is 10.9. The van der Waals surface area contributed by atoms with Crippen molar-refractivity contribution in [1.29, 1.82) is 0 Å². The van der Waals surface area contributed by atoms with Gasteiger partial charge in [-0.05, 0) is 62.6 Å². The van der Waals surface area contributed by atoms with Gasteiger partial charge in [0.15, 0.2) is 0 Å². The Balaban J connectivity index is 2.64. The van der Waals surface area contributed by atoms with Crippen LogP contribution in [0.25, 0.3) is 0 Å². The Morgan fingerprint density at radius 2 is 1.70 bits per heavy atom. The van der Waals surface area contributed by atoms with Crippen LogP contribution in [-0.4, -0.2) is 52.3 Å². The van der Waals surface area contributed by atoms with Crippen LogP contribution in [0.5, 0.6) is 5.75 Å². The molecule has 0 aliphatic heterocycles. The third-order valence-electron chi connectivity index (χ3n) is 5.10. The Morgan fingerprint density at radius 1 is 1.03 bits per heavy atom. The van der Waals surface area contributed by atoms with Crippen molar-refractivity contribution in [2.24, 2.45) is 11.8 Å². The minimum Gasteiger partial charge on any atom is -0.494 e. The van der Waals surface area contributed by atoms with E-state index in [4.69, 9.17) is 14.9 Å². The van der Waals surface area contributed by atoms with Gasteiger partial charge >= 0.3 is 17.9 Å². The fourth-order valence-corrected chi connectivity index (χ4v) is 3.40. The first-order valence-electron chi connectivity index (χ1n) is 10.9. The van der Waals surface area contributed by atoms with Crippen molar-refractivity contribution in [2.45, 2.75) is 51.9 Å². The van der Waals surface area contributed by atoms with Crippen LogP contribution in [-0.2, 0) is 25.6 Å². The third-order valence-corrected chi connectivity index (χ3v) is 5.10. The summed E-state index contributed by atoms with van der Waals surface area (Å²) in [6, 6.07) is 7.30. The monoisotopic (exact) mass is 463 g/mol. The SMILES string of the molecule is C=C(C)C(=O)NCCCOc1ccc(CC(CCCC(=O)O)CC(CC(=O)O)C(=O)O)cc1. The second kappa shape index (κ2) is 14.7. The van der Waals surface area contributed by atoms with Crippen molar-refractivity contribution in [3.8, 4) is 5.75 Å². The lowest BCUT2D eigenvalue weighted by Crippen LogP contribution is -2.25. The highest BCUT2D eigenvalue weighted by atomic mass is 16.5. The molecule has 4 N–H and O–H groups in total. The van der Waals surface area contributed by atoms with Crippen molar-refractivity contribution in [3.05, 3.63) is 42.0 Å². The number of amides is 1. The minimum absolute atomic E-state index is 0.0211. The summed E-state index contributed by atoms with van der Waals surface area (Å²) in [6.45, 7) is 6.10. The first kappa shape index (κ1) is 27.7. The van der Waals surface area contributed by atoms with Crippen LogP contribution in [0.4, 0.5) is 0 Å². The van der Waals surface area contributed by atoms with Crippen LogP contribution >= 0.6 is 0 Å². The molecule has 1 aromatic rings. The van der Waals surface area contributed by atoms with Crippen molar-refractivity contribution in [3.63, 3.8) is 0 Å². The van der Waals surface area contributed by atoms with Crippen LogP contribution in [0.2, 0.25) is 0 Å². The molecule has 2 atom stereocenters. The van der Waals surface area contributed by atoms with E-state index in [1.54, 1.807) is 19.1 Å². The second-order valence-corrected chi connectivity index (χ2v) is 8.11. The summed E-state index contributed by atoms with van der Waals surface area (Å²) in [5.41, 5.74) is 1.38. The Morgan fingerprint density at radius 3 is 2.24 bits per heavy atom. The second-order valence-electron chi connectivity index (χ2n) is 8.11. The van der Waals surface area contributed by atoms with E-state index in [2.05, 4.69) is 11.9 Å². The zero-order chi connectivity index (χ0) is 24.8. The highest BCUT2D eigenvalue weighted by molar-refractivity contribution is 5.92. The maximum absolute atomic E-state index is 11.5. The van der Waals surface area contributed by atoms with Gasteiger partial charge in [0, 0.05) is 18.5 Å². The summed E-state index contributed by atoms with van der Waals surface area (Å²) in [6.07, 6.45) is 1.70. The number of rotatable bonds is 17. The number of carboxylic acids is 3. The molecule has 0 saturated heterocycles. The zero-order valence-corrected chi connectivity index (χ0v) is 18.9. The maximum atomic E-state index is 11.5. The largest absolute Gasteiger partial charge is 0.494 e. The molecule has 33 heavy (non-hydrogen) atoms. The number of aliphatic carboxylic acids is 3. The zero-order valence-electron chi connectivity index (χ0n) is 18.9. The number of ether oxygens (including phenoxy) is 1. The molecule has 0 aliphatic carbocycles. The molecule has 0 aromatic heterocycles. The molecule has 9 heteroatoms. The Kier molecular flexibility index (Phi) is 12.3. The van der Waals surface area contributed by atoms with E-state index in [1.165, 1.54) is 0 Å². The molecule has 1 aromatic carbocycles. The summed E-state index contributed by atoms with van der Waals surface area (Å²) in [5.74, 6) is -3.97. The van der Waals surface area contributed by atoms with Crippen LogP contribution in [0.3, 0.4) is 0 Å². The Hall–Kier alpha value is -3.36. The van der Waals surface area contributed by atoms with E-state index < -0.39 is 30.2 Å². The summed E-state index contributed by atoms with van der Waals surface area (Å²) in [7, 11) is 0. The standard InChI is InChI=1S/C24H33NO8/c1-16(2)23(30)25-11-4-12-33-20-9-7-17(8-10-20)13-18(5-3-6-21(26)27)14-19(24(31)32)15-22(28)29/h7-10,18-19H,1,3-6,11-15H2,2H3,(H,25,30)(H,26,27)(H,28,29)(H,31,32). The molecule has 0 spiro atoms. The van der Waals surface area contributed by atoms with Crippen molar-refractivity contribution < 1.29 is 39.2 Å². The first-order chi connectivity index (χ1) is 15.6. The van der Waals surface area contributed by atoms with Crippen LogP contribution < -0.4 is 10.1 Å². The van der Waals surface area contributed by atoms with Gasteiger partial charge in [-0.2, -0.15) is 0 Å². The number of hydrogen-bond donors (Lipinski definition) is 4. The van der Waals surface area contributed by atoms with E-state index in [0.29, 0.717) is 50.2 Å². The molecule has 9 nitrogen and oxygen atoms in total. The van der Waals surface area contributed by atoms with Crippen LogP contribution in [0.1, 0.15) is 51.0 Å². The van der Waals surface area contributed by atoms with E-state index in [0.717, 1.165) is 5.56 Å². The highest BCUT2D eigenvalue weighted by Gasteiger charge is 2.25. The molecule has 0 heterocycles. The quantitative estimate of drug-likeness (QED) is 0.203. The van der Waals surface area contributed by atoms with Crippen molar-refractivity contribution in [2.75, 3.05) is 13.2 Å². The molecule has 0 saturated carbocycles. The van der Waals surface area contributed by atoms with Gasteiger partial charge in [-0.1, -0.05) is 18.7 Å². The van der Waals surface area contributed by atoms with E-state index >= 15 is 0 Å². The Labute approximate surface area is 193 Å². The summed E-state index contributed by atoms with van der Waals surface area (Å²) < 4.78 is 5.66. The van der Waals surface area contributed by atoms with Gasteiger partial charge in [-0.15, -0.1) is 0 Å². The predicted molar refractivity (Wildman–Crippen MR) is 121 cm³/mol. The van der Waals surface area contributed by atoms with Crippen LogP contribution in [0, 0.1) is 11.8 Å². The normalized spacial score (nSPS) is 12.4. The summed E-state index contributed by atoms with van der Waals surface area (Å²) in [5, 5.41) is 30.0. The fourth-order valence-electron chi connectivity index (χ4n) is 3.40. The van der Waals surface area contributed by atoms with Gasteiger partial charge in [0.25, 0.3) is 0 Å². The van der Waals surface area contributed by atoms with Crippen LogP contribution in [0.15, 0.2) is 36.4 Å². The predicted octanol–water partition coefficient (Wildman–Crippen LogP) is 3.13. The van der Waals surface area contributed by atoms with Crippen molar-refractivity contribution in [1.82, 2.24) is 5.32 Å². The third kappa shape index (κ3) is 12.3. The average molecular weight is 464 g/mol. The van der Waals surface area contributed by atoms with Gasteiger partial charge in [-0.3, -0.25) is 19.2 Å². The molecule has 2 unspecified atom stereocenters. The Bertz CT molecular complexity index is 818. The maximum Gasteiger partial charge on any atom is 0.307 e. The number of carbonyl (C=O) groups is 4. The lowest BCUT2D eigenvalue weighted by atomic mass is 9.84. The molecule has 0 aliphatic rings. The molecule has 182 valence electrons. The van der Waals surface area contributed by atoms with Gasteiger partial charge in [0.05, 0.1) is 18.9 Å². The molecular weight excluding hydrogens is 430 g/mol. The van der Waals surface area contributed by atoms with Gasteiger partial charge in [0.1, 0.15) is 5.75 Å². The molecule has 0 radical (unpaired) electrons. The lowest BCUT2D eigenvalue weighted by molar-refractivity contribution is -0.148.